The number of piperidine rings is 1. The first kappa shape index (κ1) is 28.3. The zero-order valence-electron chi connectivity index (χ0n) is 21.4. The van der Waals surface area contributed by atoms with Gasteiger partial charge in [-0.05, 0) is 61.9 Å². The van der Waals surface area contributed by atoms with E-state index in [1.54, 1.807) is 18.2 Å². The third-order valence-electron chi connectivity index (χ3n) is 7.22. The molecule has 0 aliphatic carbocycles. The lowest BCUT2D eigenvalue weighted by molar-refractivity contribution is -0.139. The molecule has 1 aromatic heterocycles. The molecule has 1 aliphatic heterocycles. The highest BCUT2D eigenvalue weighted by Gasteiger charge is 2.31. The summed E-state index contributed by atoms with van der Waals surface area (Å²) in [5, 5.41) is 10.1. The molecule has 3 N–H and O–H groups in total. The second-order valence-corrected chi connectivity index (χ2v) is 9.78. The number of nitrogens with zero attached hydrogens (tertiary/aromatic N) is 2. The number of benzene rings is 2. The summed E-state index contributed by atoms with van der Waals surface area (Å²) in [5.74, 6) is 0.728. The minimum absolute atomic E-state index is 0.0387. The van der Waals surface area contributed by atoms with Gasteiger partial charge in [-0.1, -0.05) is 11.8 Å². The molecule has 0 bridgehead atoms. The van der Waals surface area contributed by atoms with E-state index in [1.165, 1.54) is 7.11 Å². The number of fused-ring (bicyclic) bond motifs is 1. The number of ether oxygens (including phenoxy) is 1. The van der Waals surface area contributed by atoms with Crippen molar-refractivity contribution in [3.05, 3.63) is 70.9 Å². The van der Waals surface area contributed by atoms with E-state index in [-0.39, 0.29) is 30.4 Å². The van der Waals surface area contributed by atoms with E-state index >= 15 is 0 Å². The number of rotatable bonds is 8. The van der Waals surface area contributed by atoms with Crippen molar-refractivity contribution in [1.29, 1.82) is 0 Å². The highest BCUT2D eigenvalue weighted by atomic mass is 19.2. The third-order valence-corrected chi connectivity index (χ3v) is 7.22. The summed E-state index contributed by atoms with van der Waals surface area (Å²) in [7, 11) is 1.52. The number of carboxylic acids is 1. The Hall–Kier alpha value is -3.68. The van der Waals surface area contributed by atoms with Crippen LogP contribution in [0.25, 0.3) is 10.9 Å². The number of aromatic nitrogens is 1. The fourth-order valence-corrected chi connectivity index (χ4v) is 5.24. The SMILES string of the molecule is COc1ccc2ncc(F)c([C@@H](N)CC[C@@H]3CCN(CC#Cc4cc(F)cc(F)c4F)C[C@@H]3CC(=O)O)c2c1. The van der Waals surface area contributed by atoms with Crippen LogP contribution >= 0.6 is 0 Å². The van der Waals surface area contributed by atoms with Crippen LogP contribution < -0.4 is 10.5 Å². The summed E-state index contributed by atoms with van der Waals surface area (Å²) in [6.45, 7) is 1.23. The maximum Gasteiger partial charge on any atom is 0.303 e. The summed E-state index contributed by atoms with van der Waals surface area (Å²) in [6.07, 6.45) is 2.80. The normalized spacial score (nSPS) is 18.4. The van der Waals surface area contributed by atoms with Crippen LogP contribution in [0.3, 0.4) is 0 Å². The second kappa shape index (κ2) is 12.5. The predicted octanol–water partition coefficient (Wildman–Crippen LogP) is 5.04. The number of methoxy groups -OCH3 is 1. The number of hydrogen-bond donors (Lipinski definition) is 2. The van der Waals surface area contributed by atoms with Gasteiger partial charge in [0.25, 0.3) is 0 Å². The molecule has 0 radical (unpaired) electrons. The molecule has 1 fully saturated rings. The van der Waals surface area contributed by atoms with Crippen molar-refractivity contribution in [3.63, 3.8) is 0 Å². The second-order valence-electron chi connectivity index (χ2n) is 9.78. The van der Waals surface area contributed by atoms with E-state index in [0.29, 0.717) is 60.6 Å². The molecule has 3 atom stereocenters. The molecule has 2 heterocycles. The molecular formula is C29H29F4N3O3. The zero-order valence-corrected chi connectivity index (χ0v) is 21.4. The van der Waals surface area contributed by atoms with Gasteiger partial charge in [-0.3, -0.25) is 14.7 Å². The predicted molar refractivity (Wildman–Crippen MR) is 138 cm³/mol. The first-order valence-electron chi connectivity index (χ1n) is 12.6. The Kier molecular flexibility index (Phi) is 9.04. The summed E-state index contributed by atoms with van der Waals surface area (Å²) < 4.78 is 60.8. The third kappa shape index (κ3) is 6.85. The fourth-order valence-electron chi connectivity index (χ4n) is 5.24. The number of carbonyl (C=O) groups is 1. The number of likely N-dealkylation sites (tertiary alicyclic amines) is 1. The van der Waals surface area contributed by atoms with E-state index in [1.807, 2.05) is 4.90 Å². The molecular weight excluding hydrogens is 514 g/mol. The summed E-state index contributed by atoms with van der Waals surface area (Å²) in [4.78, 5) is 17.6. The van der Waals surface area contributed by atoms with Gasteiger partial charge in [0.2, 0.25) is 0 Å². The Labute approximate surface area is 223 Å². The molecule has 4 rings (SSSR count). The molecule has 10 heteroatoms. The van der Waals surface area contributed by atoms with E-state index in [9.17, 15) is 27.5 Å². The van der Waals surface area contributed by atoms with Crippen molar-refractivity contribution in [2.24, 2.45) is 17.6 Å². The van der Waals surface area contributed by atoms with Gasteiger partial charge in [0, 0.05) is 36.0 Å². The first-order valence-corrected chi connectivity index (χ1v) is 12.6. The first-order chi connectivity index (χ1) is 18.7. The van der Waals surface area contributed by atoms with Gasteiger partial charge in [0.1, 0.15) is 17.4 Å². The Morgan fingerprint density at radius 2 is 2.00 bits per heavy atom. The molecule has 2 aromatic carbocycles. The van der Waals surface area contributed by atoms with Crippen molar-refractivity contribution >= 4 is 16.9 Å². The average molecular weight is 544 g/mol. The number of hydrogen-bond acceptors (Lipinski definition) is 5. The van der Waals surface area contributed by atoms with Crippen LogP contribution in [0.1, 0.15) is 42.9 Å². The molecule has 39 heavy (non-hydrogen) atoms. The van der Waals surface area contributed by atoms with Crippen LogP contribution in [0.2, 0.25) is 0 Å². The lowest BCUT2D eigenvalue weighted by atomic mass is 9.79. The number of nitrogens with two attached hydrogens (primary N) is 1. The summed E-state index contributed by atoms with van der Waals surface area (Å²) in [5.41, 5.74) is 7.04. The largest absolute Gasteiger partial charge is 0.497 e. The summed E-state index contributed by atoms with van der Waals surface area (Å²) >= 11 is 0. The standard InChI is InChI=1S/C29H29F4N3O3/c1-39-21-5-7-26-22(14-21)28(24(32)15-35-26)25(34)6-4-17-8-10-36(16-19(17)12-27(37)38)9-2-3-18-11-20(30)13-23(31)29(18)33/h5,7,11,13-15,17,19,25H,4,6,8-10,12,16,34H2,1H3,(H,37,38)/t17-,19+,25+/m1/s1. The minimum atomic E-state index is -1.31. The Morgan fingerprint density at radius 1 is 1.21 bits per heavy atom. The van der Waals surface area contributed by atoms with Crippen molar-refractivity contribution in [2.75, 3.05) is 26.7 Å². The highest BCUT2D eigenvalue weighted by molar-refractivity contribution is 5.84. The van der Waals surface area contributed by atoms with Gasteiger partial charge in [0.15, 0.2) is 11.6 Å². The Balaban J connectivity index is 1.43. The van der Waals surface area contributed by atoms with Crippen LogP contribution in [0.15, 0.2) is 36.5 Å². The fraction of sp³-hybridized carbons (Fsp3) is 0.379. The van der Waals surface area contributed by atoms with E-state index in [2.05, 4.69) is 16.8 Å². The summed E-state index contributed by atoms with van der Waals surface area (Å²) in [6, 6.07) is 5.85. The molecule has 0 amide bonds. The highest BCUT2D eigenvalue weighted by Crippen LogP contribution is 2.35. The van der Waals surface area contributed by atoms with Gasteiger partial charge in [-0.25, -0.2) is 17.6 Å². The van der Waals surface area contributed by atoms with Gasteiger partial charge < -0.3 is 15.6 Å². The molecule has 0 unspecified atom stereocenters. The van der Waals surface area contributed by atoms with Crippen molar-refractivity contribution < 1.29 is 32.2 Å². The number of pyridine rings is 1. The smallest absolute Gasteiger partial charge is 0.303 e. The molecule has 0 spiro atoms. The molecule has 3 aromatic rings. The quantitative estimate of drug-likeness (QED) is 0.235. The Morgan fingerprint density at radius 3 is 2.74 bits per heavy atom. The van der Waals surface area contributed by atoms with E-state index in [4.69, 9.17) is 10.5 Å². The molecule has 6 nitrogen and oxygen atoms in total. The lowest BCUT2D eigenvalue weighted by Gasteiger charge is -2.37. The molecule has 1 aliphatic rings. The van der Waals surface area contributed by atoms with Crippen LogP contribution in [0.5, 0.6) is 5.75 Å². The maximum atomic E-state index is 14.8. The maximum absolute atomic E-state index is 14.8. The van der Waals surface area contributed by atoms with Crippen LogP contribution in [-0.4, -0.2) is 47.7 Å². The van der Waals surface area contributed by atoms with E-state index < -0.39 is 35.3 Å². The van der Waals surface area contributed by atoms with Crippen LogP contribution in [0, 0.1) is 46.9 Å². The molecule has 1 saturated heterocycles. The Bertz CT molecular complexity index is 1420. The van der Waals surface area contributed by atoms with Crippen molar-refractivity contribution in [1.82, 2.24) is 9.88 Å². The van der Waals surface area contributed by atoms with E-state index in [0.717, 1.165) is 12.3 Å². The lowest BCUT2D eigenvalue weighted by Crippen LogP contribution is -2.41. The topological polar surface area (TPSA) is 88.7 Å². The number of halogens is 4. The molecule has 0 saturated carbocycles. The van der Waals surface area contributed by atoms with Crippen molar-refractivity contribution in [3.8, 4) is 17.6 Å². The molecule has 206 valence electrons. The van der Waals surface area contributed by atoms with Gasteiger partial charge in [-0.15, -0.1) is 0 Å². The van der Waals surface area contributed by atoms with Gasteiger partial charge >= 0.3 is 5.97 Å². The van der Waals surface area contributed by atoms with Crippen LogP contribution in [0.4, 0.5) is 17.6 Å². The average Bonchev–Trinajstić information content (AvgIpc) is 2.90. The number of aliphatic carboxylic acids is 1. The monoisotopic (exact) mass is 543 g/mol. The number of carboxylic acid groups (broad SMARTS) is 1. The zero-order chi connectivity index (χ0) is 28.1. The van der Waals surface area contributed by atoms with Crippen LogP contribution in [-0.2, 0) is 4.79 Å². The minimum Gasteiger partial charge on any atom is -0.497 e. The van der Waals surface area contributed by atoms with Crippen molar-refractivity contribution in [2.45, 2.75) is 31.7 Å². The van der Waals surface area contributed by atoms with Gasteiger partial charge in [-0.2, -0.15) is 0 Å². The van der Waals surface area contributed by atoms with Gasteiger partial charge in [0.05, 0.1) is 30.9 Å².